The van der Waals surface area contributed by atoms with Crippen molar-refractivity contribution in [2.75, 3.05) is 0 Å². The van der Waals surface area contributed by atoms with Crippen LogP contribution in [-0.4, -0.2) is 25.0 Å². The first kappa shape index (κ1) is 15.5. The van der Waals surface area contributed by atoms with Crippen LogP contribution in [-0.2, 0) is 10.0 Å². The van der Waals surface area contributed by atoms with Gasteiger partial charge in [0.25, 0.3) is 0 Å². The van der Waals surface area contributed by atoms with E-state index in [1.54, 1.807) is 0 Å². The molecule has 0 radical (unpaired) electrons. The second kappa shape index (κ2) is 5.46. The molecule has 1 aliphatic carbocycles. The Morgan fingerprint density at radius 3 is 2.55 bits per heavy atom. The maximum Gasteiger partial charge on any atom is 0.336 e. The molecule has 0 unspecified atom stereocenters. The van der Waals surface area contributed by atoms with E-state index < -0.39 is 16.0 Å². The molecule has 0 aromatic heterocycles. The van der Waals surface area contributed by atoms with Gasteiger partial charge in [-0.15, -0.1) is 0 Å². The smallest absolute Gasteiger partial charge is 0.336 e. The lowest BCUT2D eigenvalue weighted by molar-refractivity contribution is 0.0695. The number of carboxylic acid groups (broad SMARTS) is 1. The second-order valence-electron chi connectivity index (χ2n) is 5.04. The number of halogens is 1. The molecule has 0 amide bonds. The highest BCUT2D eigenvalue weighted by Gasteiger charge is 2.39. The van der Waals surface area contributed by atoms with E-state index in [1.807, 2.05) is 6.92 Å². The summed E-state index contributed by atoms with van der Waals surface area (Å²) in [6.07, 6.45) is 3.39. The molecule has 2 N–H and O–H groups in total. The molecule has 0 saturated heterocycles. The Kier molecular flexibility index (Phi) is 4.22. The van der Waals surface area contributed by atoms with Crippen LogP contribution < -0.4 is 4.72 Å². The van der Waals surface area contributed by atoms with Gasteiger partial charge in [0.05, 0.1) is 10.5 Å². The Morgan fingerprint density at radius 1 is 1.45 bits per heavy atom. The van der Waals surface area contributed by atoms with E-state index in [0.717, 1.165) is 25.7 Å². The zero-order valence-corrected chi connectivity index (χ0v) is 13.4. The van der Waals surface area contributed by atoms with Crippen molar-refractivity contribution in [3.63, 3.8) is 0 Å². The molecule has 1 aromatic carbocycles. The number of hydrogen-bond acceptors (Lipinski definition) is 3. The Hall–Kier alpha value is -0.920. The number of sulfonamides is 1. The number of carboxylic acids is 1. The predicted molar refractivity (Wildman–Crippen MR) is 78.3 cm³/mol. The first-order valence-electron chi connectivity index (χ1n) is 6.36. The molecule has 20 heavy (non-hydrogen) atoms. The molecule has 1 aliphatic rings. The molecule has 110 valence electrons. The number of hydrogen-bond donors (Lipinski definition) is 2. The fraction of sp³-hybridized carbons (Fsp3) is 0.462. The van der Waals surface area contributed by atoms with Crippen LogP contribution in [0.1, 0.15) is 43.0 Å². The highest BCUT2D eigenvalue weighted by Crippen LogP contribution is 2.36. The van der Waals surface area contributed by atoms with E-state index in [2.05, 4.69) is 20.7 Å². The maximum atomic E-state index is 12.4. The molecule has 7 heteroatoms. The summed E-state index contributed by atoms with van der Waals surface area (Å²) in [7, 11) is -3.70. The summed E-state index contributed by atoms with van der Waals surface area (Å²) in [6, 6.07) is 4.02. The van der Waals surface area contributed by atoms with Gasteiger partial charge in [-0.2, -0.15) is 0 Å². The van der Waals surface area contributed by atoms with Gasteiger partial charge in [0.2, 0.25) is 10.0 Å². The predicted octanol–water partition coefficient (Wildman–Crippen LogP) is 2.76. The third kappa shape index (κ3) is 2.89. The van der Waals surface area contributed by atoms with Gasteiger partial charge >= 0.3 is 5.97 Å². The monoisotopic (exact) mass is 361 g/mol. The minimum atomic E-state index is -3.70. The topological polar surface area (TPSA) is 83.5 Å². The lowest BCUT2D eigenvalue weighted by Crippen LogP contribution is -2.52. The van der Waals surface area contributed by atoms with Gasteiger partial charge in [-0.3, -0.25) is 0 Å². The van der Waals surface area contributed by atoms with Gasteiger partial charge in [-0.25, -0.2) is 17.9 Å². The van der Waals surface area contributed by atoms with Gasteiger partial charge in [0.15, 0.2) is 0 Å². The van der Waals surface area contributed by atoms with Crippen molar-refractivity contribution >= 4 is 31.9 Å². The van der Waals surface area contributed by atoms with Gasteiger partial charge < -0.3 is 5.11 Å². The molecule has 0 aliphatic heterocycles. The van der Waals surface area contributed by atoms with E-state index in [1.165, 1.54) is 18.2 Å². The van der Waals surface area contributed by atoms with Crippen LogP contribution in [0.25, 0.3) is 0 Å². The van der Waals surface area contributed by atoms with Crippen molar-refractivity contribution in [1.29, 1.82) is 0 Å². The highest BCUT2D eigenvalue weighted by molar-refractivity contribution is 9.10. The highest BCUT2D eigenvalue weighted by atomic mass is 79.9. The van der Waals surface area contributed by atoms with Crippen molar-refractivity contribution in [3.05, 3.63) is 28.2 Å². The van der Waals surface area contributed by atoms with Crippen molar-refractivity contribution in [2.45, 2.75) is 43.0 Å². The van der Waals surface area contributed by atoms with Crippen LogP contribution >= 0.6 is 15.9 Å². The van der Waals surface area contributed by atoms with Crippen LogP contribution in [0.15, 0.2) is 27.6 Å². The summed E-state index contributed by atoms with van der Waals surface area (Å²) in [4.78, 5) is 11.0. The third-order valence-electron chi connectivity index (χ3n) is 3.82. The summed E-state index contributed by atoms with van der Waals surface area (Å²) in [6.45, 7) is 1.95. The molecule has 1 saturated carbocycles. The first-order valence-corrected chi connectivity index (χ1v) is 8.64. The van der Waals surface area contributed by atoms with Gasteiger partial charge in [0, 0.05) is 10.0 Å². The van der Waals surface area contributed by atoms with E-state index in [4.69, 9.17) is 5.11 Å². The van der Waals surface area contributed by atoms with Crippen LogP contribution in [0.3, 0.4) is 0 Å². The van der Waals surface area contributed by atoms with Gasteiger partial charge in [-0.05, 0) is 59.8 Å². The minimum Gasteiger partial charge on any atom is -0.478 e. The lowest BCUT2D eigenvalue weighted by Gasteiger charge is -2.41. The molecule has 0 spiro atoms. The van der Waals surface area contributed by atoms with Crippen LogP contribution in [0.5, 0.6) is 0 Å². The number of nitrogens with one attached hydrogen (secondary N) is 1. The minimum absolute atomic E-state index is 0.0159. The summed E-state index contributed by atoms with van der Waals surface area (Å²) in [5, 5.41) is 9.05. The van der Waals surface area contributed by atoms with E-state index in [0.29, 0.717) is 4.47 Å². The molecule has 1 fully saturated rings. The van der Waals surface area contributed by atoms with Crippen molar-refractivity contribution in [2.24, 2.45) is 0 Å². The van der Waals surface area contributed by atoms with Crippen LogP contribution in [0.4, 0.5) is 0 Å². The third-order valence-corrected chi connectivity index (χ3v) is 6.08. The standard InChI is InChI=1S/C13H16BrNO4S/c1-2-13(6-3-7-13)15-20(18,19)9-4-5-11(14)10(8-9)12(16)17/h4-5,8,15H,2-3,6-7H2,1H3,(H,16,17). The summed E-state index contributed by atoms with van der Waals surface area (Å²) in [5.74, 6) is -1.16. The normalized spacial score (nSPS) is 17.5. The SMILES string of the molecule is CCC1(NS(=O)(=O)c2ccc(Br)c(C(=O)O)c2)CCC1. The first-order chi connectivity index (χ1) is 9.30. The summed E-state index contributed by atoms with van der Waals surface area (Å²) in [5.41, 5.74) is -0.429. The molecule has 0 atom stereocenters. The molecular weight excluding hydrogens is 346 g/mol. The summed E-state index contributed by atoms with van der Waals surface area (Å²) < 4.78 is 27.8. The average Bonchev–Trinajstić information content (AvgIpc) is 2.34. The number of carbonyl (C=O) groups is 1. The summed E-state index contributed by atoms with van der Waals surface area (Å²) >= 11 is 3.10. The zero-order chi connectivity index (χ0) is 15.0. The molecule has 2 rings (SSSR count). The lowest BCUT2D eigenvalue weighted by atomic mass is 9.76. The average molecular weight is 362 g/mol. The van der Waals surface area contributed by atoms with Crippen molar-refractivity contribution in [3.8, 4) is 0 Å². The Balaban J connectivity index is 2.35. The van der Waals surface area contributed by atoms with Crippen molar-refractivity contribution in [1.82, 2.24) is 4.72 Å². The quantitative estimate of drug-likeness (QED) is 0.844. The molecule has 0 heterocycles. The molecular formula is C13H16BrNO4S. The van der Waals surface area contributed by atoms with Crippen LogP contribution in [0, 0.1) is 0 Å². The van der Waals surface area contributed by atoms with Crippen molar-refractivity contribution < 1.29 is 18.3 Å². The van der Waals surface area contributed by atoms with E-state index >= 15 is 0 Å². The number of rotatable bonds is 5. The maximum absolute atomic E-state index is 12.4. The van der Waals surface area contributed by atoms with Gasteiger partial charge in [0.1, 0.15) is 0 Å². The zero-order valence-electron chi connectivity index (χ0n) is 11.0. The second-order valence-corrected chi connectivity index (χ2v) is 7.58. The Labute approximate surface area is 126 Å². The van der Waals surface area contributed by atoms with Crippen LogP contribution in [0.2, 0.25) is 0 Å². The fourth-order valence-corrected chi connectivity index (χ4v) is 4.28. The molecule has 5 nitrogen and oxygen atoms in total. The largest absolute Gasteiger partial charge is 0.478 e. The number of aromatic carboxylic acids is 1. The molecule has 0 bridgehead atoms. The molecule has 1 aromatic rings. The van der Waals surface area contributed by atoms with Gasteiger partial charge in [-0.1, -0.05) is 6.92 Å². The fourth-order valence-electron chi connectivity index (χ4n) is 2.31. The number of benzene rings is 1. The Bertz CT molecular complexity index is 632. The van der Waals surface area contributed by atoms with E-state index in [9.17, 15) is 13.2 Å². The Morgan fingerprint density at radius 2 is 2.10 bits per heavy atom. The van der Waals surface area contributed by atoms with E-state index in [-0.39, 0.29) is 16.0 Å².